The van der Waals surface area contributed by atoms with Crippen LogP contribution in [0.4, 0.5) is 8.78 Å². The third kappa shape index (κ3) is 3.45. The molecule has 1 amide bonds. The monoisotopic (exact) mass is 460 g/mol. The number of hydrogen-bond donors (Lipinski definition) is 0. The van der Waals surface area contributed by atoms with Gasteiger partial charge < -0.3 is 4.90 Å². The van der Waals surface area contributed by atoms with E-state index in [1.54, 1.807) is 27.6 Å². The molecule has 0 bridgehead atoms. The number of allylic oxidation sites excluding steroid dienone is 2. The van der Waals surface area contributed by atoms with Gasteiger partial charge in [-0.2, -0.15) is 5.10 Å². The molecule has 2 aliphatic carbocycles. The lowest BCUT2D eigenvalue weighted by Crippen LogP contribution is -2.48. The fourth-order valence-electron chi connectivity index (χ4n) is 5.22. The van der Waals surface area contributed by atoms with E-state index < -0.39 is 6.17 Å². The number of aromatic nitrogens is 3. The van der Waals surface area contributed by atoms with Crippen molar-refractivity contribution in [3.05, 3.63) is 76.4 Å². The molecule has 1 saturated carbocycles. The van der Waals surface area contributed by atoms with Gasteiger partial charge in [0, 0.05) is 23.2 Å². The minimum absolute atomic E-state index is 0.0217. The molecule has 6 rings (SSSR count). The average molecular weight is 461 g/mol. The van der Waals surface area contributed by atoms with E-state index in [1.165, 1.54) is 6.07 Å². The zero-order valence-corrected chi connectivity index (χ0v) is 19.3. The molecule has 1 aliphatic heterocycles. The van der Waals surface area contributed by atoms with E-state index in [9.17, 15) is 13.6 Å². The van der Waals surface area contributed by atoms with Gasteiger partial charge in [0.2, 0.25) is 0 Å². The number of amides is 1. The van der Waals surface area contributed by atoms with Gasteiger partial charge in [-0.3, -0.25) is 4.79 Å². The molecule has 3 heterocycles. The number of hydrogen-bond acceptors (Lipinski definition) is 3. The molecule has 1 aromatic carbocycles. The Bertz CT molecular complexity index is 1380. The molecule has 34 heavy (non-hydrogen) atoms. The van der Waals surface area contributed by atoms with Crippen LogP contribution in [0.1, 0.15) is 60.3 Å². The van der Waals surface area contributed by atoms with Crippen molar-refractivity contribution < 1.29 is 13.6 Å². The first-order valence-corrected chi connectivity index (χ1v) is 11.9. The van der Waals surface area contributed by atoms with Crippen molar-refractivity contribution in [1.29, 1.82) is 0 Å². The Labute approximate surface area is 196 Å². The topological polar surface area (TPSA) is 50.5 Å². The summed E-state index contributed by atoms with van der Waals surface area (Å²) in [5.74, 6) is -0.322. The van der Waals surface area contributed by atoms with E-state index >= 15 is 0 Å². The summed E-state index contributed by atoms with van der Waals surface area (Å²) in [4.78, 5) is 19.8. The van der Waals surface area contributed by atoms with Gasteiger partial charge in [-0.1, -0.05) is 18.2 Å². The molecular weight excluding hydrogens is 434 g/mol. The van der Waals surface area contributed by atoms with Crippen LogP contribution in [-0.2, 0) is 0 Å². The van der Waals surface area contributed by atoms with Crippen molar-refractivity contribution in [2.24, 2.45) is 0 Å². The molecule has 2 aromatic heterocycles. The standard InChI is InChI=1S/C27H26F2N4O/c1-15-7-10-20(21(28)11-15)23-13-26-30-24(12-25(17-8-9-17)33(26)31-23)27(34)32-14-22(29)19-6-4-3-5-18(19)16(32)2/h4,6-7,10-13,16-17,22H,3,5,8-9,14H2,1-2H3. The van der Waals surface area contributed by atoms with Crippen molar-refractivity contribution in [3.63, 3.8) is 0 Å². The largest absolute Gasteiger partial charge is 0.328 e. The minimum atomic E-state index is -1.19. The van der Waals surface area contributed by atoms with Crippen LogP contribution in [0.25, 0.3) is 16.9 Å². The number of alkyl halides is 1. The highest BCUT2D eigenvalue weighted by Crippen LogP contribution is 2.41. The Kier molecular flexibility index (Phi) is 4.90. The van der Waals surface area contributed by atoms with Crippen LogP contribution < -0.4 is 0 Å². The summed E-state index contributed by atoms with van der Waals surface area (Å²) >= 11 is 0. The number of aryl methyl sites for hydroxylation is 1. The minimum Gasteiger partial charge on any atom is -0.328 e. The molecule has 2 unspecified atom stereocenters. The zero-order chi connectivity index (χ0) is 23.6. The van der Waals surface area contributed by atoms with Gasteiger partial charge in [-0.25, -0.2) is 18.3 Å². The lowest BCUT2D eigenvalue weighted by Gasteiger charge is -2.39. The van der Waals surface area contributed by atoms with Gasteiger partial charge in [-0.15, -0.1) is 0 Å². The molecule has 2 atom stereocenters. The predicted octanol–water partition coefficient (Wildman–Crippen LogP) is 5.55. The normalized spacial score (nSPS) is 22.4. The molecular formula is C27H26F2N4O. The second kappa shape index (κ2) is 7.86. The quantitative estimate of drug-likeness (QED) is 0.515. The fourth-order valence-corrected chi connectivity index (χ4v) is 5.22. The second-order valence-electron chi connectivity index (χ2n) is 9.65. The number of carbonyl (C=O) groups is 1. The maximum Gasteiger partial charge on any atom is 0.273 e. The van der Waals surface area contributed by atoms with Crippen LogP contribution in [0.15, 0.2) is 53.6 Å². The molecule has 1 fully saturated rings. The SMILES string of the molecule is Cc1ccc(-c2cc3nc(C(=O)N4CC(F)C5=C(CCC=C5)C4C)cc(C4CC4)n3n2)c(F)c1. The first kappa shape index (κ1) is 21.2. The van der Waals surface area contributed by atoms with Gasteiger partial charge in [-0.05, 0) is 74.4 Å². The van der Waals surface area contributed by atoms with Crippen LogP contribution in [-0.4, -0.2) is 44.2 Å². The Hall–Kier alpha value is -3.35. The Morgan fingerprint density at radius 1 is 1.18 bits per heavy atom. The lowest BCUT2D eigenvalue weighted by molar-refractivity contribution is 0.0643. The van der Waals surface area contributed by atoms with E-state index in [4.69, 9.17) is 0 Å². The molecule has 7 heteroatoms. The fraction of sp³-hybridized carbons (Fsp3) is 0.370. The third-order valence-corrected chi connectivity index (χ3v) is 7.25. The average Bonchev–Trinajstić information content (AvgIpc) is 3.59. The molecule has 174 valence electrons. The maximum atomic E-state index is 15.0. The highest BCUT2D eigenvalue weighted by atomic mass is 19.1. The van der Waals surface area contributed by atoms with E-state index in [2.05, 4.69) is 10.1 Å². The van der Waals surface area contributed by atoms with Crippen LogP contribution >= 0.6 is 0 Å². The van der Waals surface area contributed by atoms with Crippen molar-refractivity contribution in [2.45, 2.75) is 57.7 Å². The van der Waals surface area contributed by atoms with Gasteiger partial charge in [0.05, 0.1) is 18.3 Å². The number of halogens is 2. The van der Waals surface area contributed by atoms with Crippen molar-refractivity contribution in [1.82, 2.24) is 19.5 Å². The molecule has 0 N–H and O–H groups in total. The van der Waals surface area contributed by atoms with Crippen molar-refractivity contribution in [2.75, 3.05) is 6.54 Å². The smallest absolute Gasteiger partial charge is 0.273 e. The van der Waals surface area contributed by atoms with E-state index in [0.717, 1.165) is 48.1 Å². The van der Waals surface area contributed by atoms with Crippen LogP contribution in [0.5, 0.6) is 0 Å². The molecule has 0 radical (unpaired) electrons. The second-order valence-corrected chi connectivity index (χ2v) is 9.65. The highest BCUT2D eigenvalue weighted by Gasteiger charge is 2.37. The number of rotatable bonds is 3. The Morgan fingerprint density at radius 3 is 2.76 bits per heavy atom. The van der Waals surface area contributed by atoms with Gasteiger partial charge >= 0.3 is 0 Å². The van der Waals surface area contributed by atoms with Crippen LogP contribution in [0.3, 0.4) is 0 Å². The first-order chi connectivity index (χ1) is 16.4. The van der Waals surface area contributed by atoms with E-state index in [1.807, 2.05) is 32.1 Å². The summed E-state index contributed by atoms with van der Waals surface area (Å²) in [5.41, 5.74) is 5.14. The third-order valence-electron chi connectivity index (χ3n) is 7.25. The van der Waals surface area contributed by atoms with Gasteiger partial charge in [0.25, 0.3) is 5.91 Å². The van der Waals surface area contributed by atoms with Crippen LogP contribution in [0, 0.1) is 12.7 Å². The summed E-state index contributed by atoms with van der Waals surface area (Å²) < 4.78 is 31.3. The Morgan fingerprint density at radius 2 is 2.00 bits per heavy atom. The van der Waals surface area contributed by atoms with Crippen LogP contribution in [0.2, 0.25) is 0 Å². The predicted molar refractivity (Wildman–Crippen MR) is 126 cm³/mol. The summed E-state index contributed by atoms with van der Waals surface area (Å²) in [5, 5.41) is 4.64. The summed E-state index contributed by atoms with van der Waals surface area (Å²) in [7, 11) is 0. The molecule has 5 nitrogen and oxygen atoms in total. The van der Waals surface area contributed by atoms with Crippen molar-refractivity contribution >= 4 is 11.6 Å². The molecule has 3 aromatic rings. The first-order valence-electron chi connectivity index (χ1n) is 11.9. The maximum absolute atomic E-state index is 15.0. The van der Waals surface area contributed by atoms with E-state index in [0.29, 0.717) is 22.6 Å². The summed E-state index contributed by atoms with van der Waals surface area (Å²) in [6.45, 7) is 3.83. The number of benzene rings is 1. The van der Waals surface area contributed by atoms with Gasteiger partial charge in [0.1, 0.15) is 17.7 Å². The molecule has 0 spiro atoms. The Balaban J connectivity index is 1.41. The van der Waals surface area contributed by atoms with Gasteiger partial charge in [0.15, 0.2) is 5.65 Å². The molecule has 3 aliphatic rings. The summed E-state index contributed by atoms with van der Waals surface area (Å²) in [6.07, 6.45) is 6.33. The lowest BCUT2D eigenvalue weighted by atomic mass is 9.86. The summed E-state index contributed by atoms with van der Waals surface area (Å²) in [6, 6.07) is 8.39. The van der Waals surface area contributed by atoms with E-state index in [-0.39, 0.29) is 30.2 Å². The number of fused-ring (bicyclic) bond motifs is 1. The highest BCUT2D eigenvalue weighted by molar-refractivity contribution is 5.94. The van der Waals surface area contributed by atoms with Crippen molar-refractivity contribution in [3.8, 4) is 11.3 Å². The zero-order valence-electron chi connectivity index (χ0n) is 19.3. The number of nitrogens with zero attached hydrogens (tertiary/aromatic N) is 4. The number of carbonyl (C=O) groups excluding carboxylic acids is 1. The molecule has 0 saturated heterocycles.